The van der Waals surface area contributed by atoms with Gasteiger partial charge in [0.1, 0.15) is 0 Å². The fourth-order valence-electron chi connectivity index (χ4n) is 2.17. The number of hydrogen-bond donors (Lipinski definition) is 1. The summed E-state index contributed by atoms with van der Waals surface area (Å²) in [5.74, 6) is 0.562. The Labute approximate surface area is 129 Å². The molecule has 2 aromatic heterocycles. The summed E-state index contributed by atoms with van der Waals surface area (Å²) in [7, 11) is 0. The molecule has 2 aromatic rings. The van der Waals surface area contributed by atoms with Crippen molar-refractivity contribution in [3.05, 3.63) is 33.2 Å². The first-order valence-electron chi connectivity index (χ1n) is 6.47. The van der Waals surface area contributed by atoms with Crippen LogP contribution in [-0.4, -0.2) is 26.2 Å². The molecule has 0 aromatic carbocycles. The summed E-state index contributed by atoms with van der Waals surface area (Å²) in [4.78, 5) is 32.7. The Balaban J connectivity index is 1.75. The van der Waals surface area contributed by atoms with Gasteiger partial charge in [0.2, 0.25) is 5.91 Å². The van der Waals surface area contributed by atoms with E-state index in [1.165, 1.54) is 23.1 Å². The number of carbonyl (C=O) groups is 1. The van der Waals surface area contributed by atoms with E-state index in [2.05, 4.69) is 15.3 Å². The smallest absolute Gasteiger partial charge is 0.257 e. The van der Waals surface area contributed by atoms with E-state index in [1.807, 2.05) is 12.3 Å². The van der Waals surface area contributed by atoms with Gasteiger partial charge in [0.05, 0.1) is 11.7 Å². The number of thioether (sulfide) groups is 1. The van der Waals surface area contributed by atoms with Gasteiger partial charge in [-0.25, -0.2) is 9.97 Å². The van der Waals surface area contributed by atoms with Crippen LogP contribution in [0.5, 0.6) is 0 Å². The number of carbonyl (C=O) groups excluding carboxylic acids is 1. The second-order valence-corrected chi connectivity index (χ2v) is 6.76. The van der Waals surface area contributed by atoms with E-state index >= 15 is 0 Å². The van der Waals surface area contributed by atoms with Gasteiger partial charge in [-0.3, -0.25) is 14.2 Å². The lowest BCUT2D eigenvalue weighted by Crippen LogP contribution is -2.28. The molecule has 1 atom stereocenters. The molecule has 110 valence electrons. The van der Waals surface area contributed by atoms with Gasteiger partial charge in [-0.1, -0.05) is 11.8 Å². The minimum absolute atomic E-state index is 0.0621. The number of anilines is 1. The molecule has 1 aliphatic rings. The van der Waals surface area contributed by atoms with E-state index in [1.54, 1.807) is 17.7 Å². The van der Waals surface area contributed by atoms with Crippen molar-refractivity contribution < 1.29 is 4.79 Å². The molecule has 0 aliphatic carbocycles. The molecule has 1 aliphatic heterocycles. The van der Waals surface area contributed by atoms with Crippen molar-refractivity contribution in [3.8, 4) is 0 Å². The molecule has 6 nitrogen and oxygen atoms in total. The highest BCUT2D eigenvalue weighted by Gasteiger charge is 2.27. The van der Waals surface area contributed by atoms with E-state index < -0.39 is 0 Å². The minimum atomic E-state index is -0.147. The van der Waals surface area contributed by atoms with E-state index in [-0.39, 0.29) is 23.9 Å². The molecule has 8 heteroatoms. The third-order valence-corrected chi connectivity index (χ3v) is 5.17. The van der Waals surface area contributed by atoms with Crippen molar-refractivity contribution in [3.63, 3.8) is 0 Å². The van der Waals surface area contributed by atoms with Gasteiger partial charge in [0, 0.05) is 29.3 Å². The van der Waals surface area contributed by atoms with Crippen LogP contribution in [0.4, 0.5) is 5.13 Å². The highest BCUT2D eigenvalue weighted by Crippen LogP contribution is 2.32. The number of fused-ring (bicyclic) bond motifs is 1. The van der Waals surface area contributed by atoms with Crippen molar-refractivity contribution >= 4 is 34.1 Å². The maximum absolute atomic E-state index is 12.2. The molecule has 1 amide bonds. The Morgan fingerprint density at radius 2 is 2.33 bits per heavy atom. The van der Waals surface area contributed by atoms with Crippen LogP contribution in [0.1, 0.15) is 23.7 Å². The first-order chi connectivity index (χ1) is 10.0. The molecule has 1 unspecified atom stereocenters. The Hall–Kier alpha value is -1.67. The normalized spacial score (nSPS) is 16.8. The Morgan fingerprint density at radius 1 is 1.52 bits per heavy atom. The van der Waals surface area contributed by atoms with Crippen molar-refractivity contribution in [1.29, 1.82) is 0 Å². The van der Waals surface area contributed by atoms with E-state index in [9.17, 15) is 9.59 Å². The predicted molar refractivity (Wildman–Crippen MR) is 83.1 cm³/mol. The predicted octanol–water partition coefficient (Wildman–Crippen LogP) is 1.99. The van der Waals surface area contributed by atoms with Crippen LogP contribution in [0.2, 0.25) is 0 Å². The molecule has 0 spiro atoms. The zero-order valence-electron chi connectivity index (χ0n) is 11.6. The highest BCUT2D eigenvalue weighted by atomic mass is 32.2. The monoisotopic (exact) mass is 322 g/mol. The zero-order chi connectivity index (χ0) is 15.0. The van der Waals surface area contributed by atoms with Crippen LogP contribution in [0.3, 0.4) is 0 Å². The number of nitrogens with zero attached hydrogens (tertiary/aromatic N) is 3. The number of nitrogens with one attached hydrogen (secondary N) is 1. The van der Waals surface area contributed by atoms with Crippen LogP contribution in [0.15, 0.2) is 21.5 Å². The molecule has 0 saturated heterocycles. The van der Waals surface area contributed by atoms with Crippen molar-refractivity contribution in [2.45, 2.75) is 31.5 Å². The molecular formula is C13H14N4O2S2. The molecule has 1 N–H and O–H groups in total. The molecule has 3 heterocycles. The fraction of sp³-hybridized carbons (Fsp3) is 0.385. The van der Waals surface area contributed by atoms with E-state index in [0.29, 0.717) is 21.6 Å². The van der Waals surface area contributed by atoms with Gasteiger partial charge in [0.15, 0.2) is 10.3 Å². The summed E-state index contributed by atoms with van der Waals surface area (Å²) in [6.45, 7) is 3.62. The number of hydrogen-bond acceptors (Lipinski definition) is 6. The van der Waals surface area contributed by atoms with E-state index in [0.717, 1.165) is 5.69 Å². The van der Waals surface area contributed by atoms with Crippen LogP contribution >= 0.6 is 23.1 Å². The fourth-order valence-corrected chi connectivity index (χ4v) is 3.98. The van der Waals surface area contributed by atoms with Gasteiger partial charge in [-0.2, -0.15) is 0 Å². The van der Waals surface area contributed by atoms with Crippen LogP contribution in [0.25, 0.3) is 0 Å². The molecule has 0 radical (unpaired) electrons. The SMILES string of the molecule is Cc1csc(NC(=O)CC2CSc3ncc(C)c(=O)n32)n1. The second-order valence-electron chi connectivity index (χ2n) is 4.91. The highest BCUT2D eigenvalue weighted by molar-refractivity contribution is 7.99. The van der Waals surface area contributed by atoms with Crippen molar-refractivity contribution in [2.75, 3.05) is 11.1 Å². The van der Waals surface area contributed by atoms with Gasteiger partial charge in [-0.05, 0) is 13.8 Å². The average molecular weight is 322 g/mol. The first-order valence-corrected chi connectivity index (χ1v) is 8.34. The zero-order valence-corrected chi connectivity index (χ0v) is 13.3. The maximum atomic E-state index is 12.2. The van der Waals surface area contributed by atoms with Crippen LogP contribution in [-0.2, 0) is 4.79 Å². The third kappa shape index (κ3) is 2.86. The lowest BCUT2D eigenvalue weighted by Gasteiger charge is -2.12. The second kappa shape index (κ2) is 5.61. The van der Waals surface area contributed by atoms with E-state index in [4.69, 9.17) is 0 Å². The Morgan fingerprint density at radius 3 is 3.05 bits per heavy atom. The van der Waals surface area contributed by atoms with Gasteiger partial charge >= 0.3 is 0 Å². The topological polar surface area (TPSA) is 76.9 Å². The number of aromatic nitrogens is 3. The summed E-state index contributed by atoms with van der Waals surface area (Å²) >= 11 is 2.91. The van der Waals surface area contributed by atoms with Crippen molar-refractivity contribution in [2.24, 2.45) is 0 Å². The Bertz CT molecular complexity index is 753. The largest absolute Gasteiger partial charge is 0.302 e. The van der Waals surface area contributed by atoms with Gasteiger partial charge < -0.3 is 5.32 Å². The lowest BCUT2D eigenvalue weighted by molar-refractivity contribution is -0.116. The maximum Gasteiger partial charge on any atom is 0.257 e. The number of rotatable bonds is 3. The third-order valence-electron chi connectivity index (χ3n) is 3.19. The summed E-state index contributed by atoms with van der Waals surface area (Å²) in [5, 5.41) is 5.94. The first kappa shape index (κ1) is 14.3. The molecule has 0 bridgehead atoms. The molecule has 0 saturated carbocycles. The number of thiazole rings is 1. The standard InChI is InChI=1S/C13H14N4O2S2/c1-7-4-14-13-17(11(7)19)9(6-21-13)3-10(18)16-12-15-8(2)5-20-12/h4-5,9H,3,6H2,1-2H3,(H,15,16,18). The Kier molecular flexibility index (Phi) is 3.81. The summed E-state index contributed by atoms with van der Waals surface area (Å²) < 4.78 is 1.63. The number of aryl methyl sites for hydroxylation is 2. The summed E-state index contributed by atoms with van der Waals surface area (Å²) in [5.41, 5.74) is 1.42. The average Bonchev–Trinajstić information content (AvgIpc) is 3.01. The van der Waals surface area contributed by atoms with Crippen molar-refractivity contribution in [1.82, 2.24) is 14.5 Å². The molecule has 21 heavy (non-hydrogen) atoms. The lowest BCUT2D eigenvalue weighted by atomic mass is 10.2. The molecule has 3 rings (SSSR count). The van der Waals surface area contributed by atoms with Gasteiger partial charge in [0.25, 0.3) is 5.56 Å². The summed E-state index contributed by atoms with van der Waals surface area (Å²) in [6, 6.07) is -0.147. The minimum Gasteiger partial charge on any atom is -0.302 e. The number of amides is 1. The molecule has 0 fully saturated rings. The summed E-state index contributed by atoms with van der Waals surface area (Å²) in [6.07, 6.45) is 1.84. The van der Waals surface area contributed by atoms with Gasteiger partial charge in [-0.15, -0.1) is 11.3 Å². The molecular weight excluding hydrogens is 308 g/mol. The quantitative estimate of drug-likeness (QED) is 0.875. The van der Waals surface area contributed by atoms with Crippen LogP contribution in [0, 0.1) is 13.8 Å². The van der Waals surface area contributed by atoms with Crippen LogP contribution < -0.4 is 10.9 Å².